The summed E-state index contributed by atoms with van der Waals surface area (Å²) in [5.41, 5.74) is 3.11. The van der Waals surface area contributed by atoms with Gasteiger partial charge in [0.2, 0.25) is 0 Å². The van der Waals surface area contributed by atoms with Crippen LogP contribution >= 0.6 is 0 Å². The molecule has 0 radical (unpaired) electrons. The van der Waals surface area contributed by atoms with Crippen LogP contribution in [0.15, 0.2) is 60.8 Å². The summed E-state index contributed by atoms with van der Waals surface area (Å²) in [5, 5.41) is 2.11. The van der Waals surface area contributed by atoms with Crippen LogP contribution in [-0.2, 0) is 13.0 Å². The first-order chi connectivity index (χ1) is 10.8. The topological polar surface area (TPSA) is 33.2 Å². The van der Waals surface area contributed by atoms with E-state index in [1.54, 1.807) is 6.20 Å². The number of amides is 1. The Morgan fingerprint density at radius 2 is 1.68 bits per heavy atom. The van der Waals surface area contributed by atoms with Crippen LogP contribution in [0.4, 0.5) is 0 Å². The highest BCUT2D eigenvalue weighted by Crippen LogP contribution is 2.21. The zero-order valence-electron chi connectivity index (χ0n) is 12.2. The Balaban J connectivity index is 1.64. The molecule has 0 spiro atoms. The molecule has 108 valence electrons. The second-order valence-corrected chi connectivity index (χ2v) is 5.66. The predicted molar refractivity (Wildman–Crippen MR) is 86.6 cm³/mol. The van der Waals surface area contributed by atoms with E-state index in [4.69, 9.17) is 0 Å². The lowest BCUT2D eigenvalue weighted by Gasteiger charge is -2.28. The molecule has 1 aliphatic heterocycles. The standard InChI is InChI=1S/C19H16N2O/c22-19(18-11-15-6-2-3-7-16(15)12-20-18)21-10-9-14-5-1-4-8-17(14)13-21/h1-8,11-12H,9-10,13H2. The molecule has 0 saturated carbocycles. The molecule has 3 nitrogen and oxygen atoms in total. The van der Waals surface area contributed by atoms with Crippen molar-refractivity contribution in [2.24, 2.45) is 0 Å². The molecule has 2 aromatic carbocycles. The quantitative estimate of drug-likeness (QED) is 0.687. The van der Waals surface area contributed by atoms with Gasteiger partial charge >= 0.3 is 0 Å². The number of aromatic nitrogens is 1. The van der Waals surface area contributed by atoms with Crippen LogP contribution in [0.1, 0.15) is 21.6 Å². The van der Waals surface area contributed by atoms with Gasteiger partial charge in [0.05, 0.1) is 0 Å². The van der Waals surface area contributed by atoms with Crippen LogP contribution in [0, 0.1) is 0 Å². The van der Waals surface area contributed by atoms with Crippen LogP contribution < -0.4 is 0 Å². The molecule has 4 rings (SSSR count). The molecule has 0 saturated heterocycles. The van der Waals surface area contributed by atoms with Gasteiger partial charge in [-0.05, 0) is 29.0 Å². The van der Waals surface area contributed by atoms with Crippen molar-refractivity contribution >= 4 is 16.7 Å². The molecule has 1 amide bonds. The van der Waals surface area contributed by atoms with E-state index in [9.17, 15) is 4.79 Å². The van der Waals surface area contributed by atoms with Crippen LogP contribution in [-0.4, -0.2) is 22.3 Å². The molecule has 0 atom stereocenters. The summed E-state index contributed by atoms with van der Waals surface area (Å²) in [4.78, 5) is 19.0. The van der Waals surface area contributed by atoms with Gasteiger partial charge in [0.15, 0.2) is 0 Å². The Labute approximate surface area is 129 Å². The average molecular weight is 288 g/mol. The van der Waals surface area contributed by atoms with Crippen molar-refractivity contribution < 1.29 is 4.79 Å². The summed E-state index contributed by atoms with van der Waals surface area (Å²) in [6.07, 6.45) is 2.69. The van der Waals surface area contributed by atoms with E-state index < -0.39 is 0 Å². The second-order valence-electron chi connectivity index (χ2n) is 5.66. The zero-order valence-corrected chi connectivity index (χ0v) is 12.2. The Bertz CT molecular complexity index is 857. The van der Waals surface area contributed by atoms with Gasteiger partial charge in [-0.3, -0.25) is 9.78 Å². The molecule has 0 aliphatic carbocycles. The summed E-state index contributed by atoms with van der Waals surface area (Å²) >= 11 is 0. The van der Waals surface area contributed by atoms with E-state index in [0.29, 0.717) is 12.2 Å². The van der Waals surface area contributed by atoms with Crippen LogP contribution in [0.2, 0.25) is 0 Å². The van der Waals surface area contributed by atoms with Crippen molar-refractivity contribution in [3.05, 3.63) is 77.6 Å². The summed E-state index contributed by atoms with van der Waals surface area (Å²) in [7, 11) is 0. The largest absolute Gasteiger partial charge is 0.333 e. The molecule has 3 aromatic rings. The summed E-state index contributed by atoms with van der Waals surface area (Å²) in [6, 6.07) is 18.2. The molecule has 0 unspecified atom stereocenters. The van der Waals surface area contributed by atoms with Crippen LogP contribution in [0.25, 0.3) is 10.8 Å². The highest BCUT2D eigenvalue weighted by molar-refractivity contribution is 5.96. The van der Waals surface area contributed by atoms with Gasteiger partial charge in [0, 0.05) is 24.7 Å². The van der Waals surface area contributed by atoms with Crippen molar-refractivity contribution in [2.45, 2.75) is 13.0 Å². The average Bonchev–Trinajstić information content (AvgIpc) is 2.60. The minimum Gasteiger partial charge on any atom is -0.333 e. The fourth-order valence-corrected chi connectivity index (χ4v) is 3.03. The number of fused-ring (bicyclic) bond motifs is 2. The summed E-state index contributed by atoms with van der Waals surface area (Å²) < 4.78 is 0. The van der Waals surface area contributed by atoms with Gasteiger partial charge in [-0.2, -0.15) is 0 Å². The van der Waals surface area contributed by atoms with Gasteiger partial charge in [-0.25, -0.2) is 0 Å². The van der Waals surface area contributed by atoms with Gasteiger partial charge in [0.1, 0.15) is 5.69 Å². The number of rotatable bonds is 1. The second kappa shape index (κ2) is 5.26. The number of nitrogens with zero attached hydrogens (tertiary/aromatic N) is 2. The zero-order chi connectivity index (χ0) is 14.9. The molecule has 2 heterocycles. The van der Waals surface area contributed by atoms with Crippen molar-refractivity contribution in [3.8, 4) is 0 Å². The molecule has 1 aliphatic rings. The molecule has 1 aromatic heterocycles. The van der Waals surface area contributed by atoms with Crippen molar-refractivity contribution in [1.29, 1.82) is 0 Å². The smallest absolute Gasteiger partial charge is 0.272 e. The minimum atomic E-state index is 0.0141. The third kappa shape index (κ3) is 2.25. The van der Waals surface area contributed by atoms with E-state index in [1.807, 2.05) is 41.3 Å². The first-order valence-corrected chi connectivity index (χ1v) is 7.52. The number of hydrogen-bond donors (Lipinski definition) is 0. The predicted octanol–water partition coefficient (Wildman–Crippen LogP) is 3.43. The molecular formula is C19H16N2O. The van der Waals surface area contributed by atoms with E-state index in [0.717, 1.165) is 23.7 Å². The molecule has 22 heavy (non-hydrogen) atoms. The Kier molecular flexibility index (Phi) is 3.11. The number of carbonyl (C=O) groups is 1. The van der Waals surface area contributed by atoms with Crippen molar-refractivity contribution in [3.63, 3.8) is 0 Å². The van der Waals surface area contributed by atoms with Crippen LogP contribution in [0.5, 0.6) is 0 Å². The number of carbonyl (C=O) groups excluding carboxylic acids is 1. The number of pyridine rings is 1. The fourth-order valence-electron chi connectivity index (χ4n) is 3.03. The van der Waals surface area contributed by atoms with E-state index in [2.05, 4.69) is 23.2 Å². The van der Waals surface area contributed by atoms with Gasteiger partial charge in [0.25, 0.3) is 5.91 Å². The lowest BCUT2D eigenvalue weighted by atomic mass is 9.99. The molecule has 0 N–H and O–H groups in total. The number of benzene rings is 2. The van der Waals surface area contributed by atoms with Crippen LogP contribution in [0.3, 0.4) is 0 Å². The Morgan fingerprint density at radius 1 is 0.955 bits per heavy atom. The highest BCUT2D eigenvalue weighted by Gasteiger charge is 2.22. The molecule has 0 fully saturated rings. The third-order valence-corrected chi connectivity index (χ3v) is 4.27. The maximum Gasteiger partial charge on any atom is 0.272 e. The lowest BCUT2D eigenvalue weighted by Crippen LogP contribution is -2.36. The molecule has 3 heteroatoms. The maximum atomic E-state index is 12.7. The van der Waals surface area contributed by atoms with Crippen molar-refractivity contribution in [1.82, 2.24) is 9.88 Å². The molecule has 0 bridgehead atoms. The van der Waals surface area contributed by atoms with Gasteiger partial charge in [-0.1, -0.05) is 48.5 Å². The Hall–Kier alpha value is -2.68. The normalized spacial score (nSPS) is 13.9. The highest BCUT2D eigenvalue weighted by atomic mass is 16.2. The minimum absolute atomic E-state index is 0.0141. The molecular weight excluding hydrogens is 272 g/mol. The SMILES string of the molecule is O=C(c1cc2ccccc2cn1)N1CCc2ccccc2C1. The van der Waals surface area contributed by atoms with E-state index >= 15 is 0 Å². The third-order valence-electron chi connectivity index (χ3n) is 4.27. The Morgan fingerprint density at radius 3 is 2.55 bits per heavy atom. The lowest BCUT2D eigenvalue weighted by molar-refractivity contribution is 0.0729. The summed E-state index contributed by atoms with van der Waals surface area (Å²) in [6.45, 7) is 1.42. The first-order valence-electron chi connectivity index (χ1n) is 7.52. The van der Waals surface area contributed by atoms with Crippen molar-refractivity contribution in [2.75, 3.05) is 6.54 Å². The summed E-state index contributed by atoms with van der Waals surface area (Å²) in [5.74, 6) is 0.0141. The monoisotopic (exact) mass is 288 g/mol. The maximum absolute atomic E-state index is 12.7. The van der Waals surface area contributed by atoms with E-state index in [-0.39, 0.29) is 5.91 Å². The number of hydrogen-bond acceptors (Lipinski definition) is 2. The fraction of sp³-hybridized carbons (Fsp3) is 0.158. The van der Waals surface area contributed by atoms with Gasteiger partial charge < -0.3 is 4.90 Å². The first kappa shape index (κ1) is 13.0. The van der Waals surface area contributed by atoms with Gasteiger partial charge in [-0.15, -0.1) is 0 Å². The van der Waals surface area contributed by atoms with E-state index in [1.165, 1.54) is 11.1 Å².